The van der Waals surface area contributed by atoms with Crippen LogP contribution >= 0.6 is 0 Å². The zero-order valence-corrected chi connectivity index (χ0v) is 16.7. The average molecular weight is 382 g/mol. The quantitative estimate of drug-likeness (QED) is 0.572. The van der Waals surface area contributed by atoms with Crippen LogP contribution < -0.4 is 15.4 Å². The van der Waals surface area contributed by atoms with Gasteiger partial charge in [0.2, 0.25) is 5.91 Å². The van der Waals surface area contributed by atoms with Gasteiger partial charge in [0.1, 0.15) is 12.4 Å². The monoisotopic (exact) mass is 381 g/mol. The summed E-state index contributed by atoms with van der Waals surface area (Å²) in [5.74, 6) is 0.842. The molecule has 0 bridgehead atoms. The Morgan fingerprint density at radius 2 is 1.82 bits per heavy atom. The molecule has 0 saturated heterocycles. The van der Waals surface area contributed by atoms with Crippen molar-refractivity contribution in [3.63, 3.8) is 0 Å². The number of nitrogens with zero attached hydrogens (tertiary/aromatic N) is 2. The number of amides is 1. The van der Waals surface area contributed by atoms with Gasteiger partial charge in [-0.15, -0.1) is 6.58 Å². The topological polar surface area (TPSA) is 58.8 Å². The van der Waals surface area contributed by atoms with Crippen LogP contribution in [0.15, 0.2) is 67.3 Å². The molecule has 0 atom stereocenters. The second-order valence-electron chi connectivity index (χ2n) is 6.53. The number of hydrogen-bond donors (Lipinski definition) is 1. The van der Waals surface area contributed by atoms with Gasteiger partial charge in [0.25, 0.3) is 0 Å². The van der Waals surface area contributed by atoms with Crippen molar-refractivity contribution in [3.05, 3.63) is 72.8 Å². The van der Waals surface area contributed by atoms with Gasteiger partial charge in [-0.3, -0.25) is 4.79 Å². The summed E-state index contributed by atoms with van der Waals surface area (Å²) in [6, 6.07) is 18.2. The lowest BCUT2D eigenvalue weighted by Gasteiger charge is -2.26. The maximum absolute atomic E-state index is 11.8. The molecule has 1 amide bonds. The molecule has 5 nitrogen and oxygen atoms in total. The molecule has 0 fully saturated rings. The van der Waals surface area contributed by atoms with Gasteiger partial charge in [-0.2, -0.15) is 0 Å². The van der Waals surface area contributed by atoms with E-state index in [1.54, 1.807) is 4.90 Å². The number of benzene rings is 2. The van der Waals surface area contributed by atoms with Crippen molar-refractivity contribution in [2.75, 3.05) is 37.6 Å². The largest absolute Gasteiger partial charge is 0.489 e. The van der Waals surface area contributed by atoms with Crippen LogP contribution in [0.3, 0.4) is 0 Å². The van der Waals surface area contributed by atoms with Gasteiger partial charge < -0.3 is 20.3 Å². The molecule has 0 aliphatic heterocycles. The smallest absolute Gasteiger partial charge is 0.236 e. The van der Waals surface area contributed by atoms with Crippen LogP contribution in [0.25, 0.3) is 0 Å². The van der Waals surface area contributed by atoms with E-state index in [4.69, 9.17) is 10.5 Å². The number of hydrogen-bond acceptors (Lipinski definition) is 4. The molecular formula is C23H31N3O2. The fraction of sp³-hybridized carbons (Fsp3) is 0.348. The second-order valence-corrected chi connectivity index (χ2v) is 6.53. The van der Waals surface area contributed by atoms with Crippen molar-refractivity contribution < 1.29 is 9.53 Å². The standard InChI is InChI=1S/C23H31N3O2/c1-3-15-26(17-8-16-25(4-2)23(27)18-24)21-11-13-22(14-12-21)28-19-20-9-6-5-7-10-20/h3,5-7,9-14H,1,4,8,15-19,24H2,2H3. The Kier molecular flexibility index (Phi) is 9.08. The first-order valence-electron chi connectivity index (χ1n) is 9.78. The van der Waals surface area contributed by atoms with E-state index in [1.807, 2.05) is 43.3 Å². The molecule has 0 radical (unpaired) electrons. The highest BCUT2D eigenvalue weighted by molar-refractivity contribution is 5.77. The van der Waals surface area contributed by atoms with E-state index in [2.05, 4.69) is 35.7 Å². The molecule has 0 unspecified atom stereocenters. The maximum atomic E-state index is 11.8. The highest BCUT2D eigenvalue weighted by atomic mass is 16.5. The van der Waals surface area contributed by atoms with Gasteiger partial charge in [-0.1, -0.05) is 36.4 Å². The van der Waals surface area contributed by atoms with Gasteiger partial charge in [0.05, 0.1) is 6.54 Å². The molecule has 5 heteroatoms. The molecule has 2 aromatic carbocycles. The predicted molar refractivity (Wildman–Crippen MR) is 116 cm³/mol. The normalized spacial score (nSPS) is 10.4. The average Bonchev–Trinajstić information content (AvgIpc) is 2.75. The van der Waals surface area contributed by atoms with E-state index in [1.165, 1.54) is 0 Å². The van der Waals surface area contributed by atoms with E-state index in [0.29, 0.717) is 19.7 Å². The fourth-order valence-electron chi connectivity index (χ4n) is 3.02. The molecule has 0 aliphatic carbocycles. The van der Waals surface area contributed by atoms with E-state index in [0.717, 1.165) is 36.5 Å². The molecule has 0 saturated carbocycles. The lowest BCUT2D eigenvalue weighted by molar-refractivity contribution is -0.129. The van der Waals surface area contributed by atoms with Gasteiger partial charge >= 0.3 is 0 Å². The summed E-state index contributed by atoms with van der Waals surface area (Å²) in [5, 5.41) is 0. The minimum absolute atomic E-state index is 0.00214. The Bertz CT molecular complexity index is 716. The lowest BCUT2D eigenvalue weighted by atomic mass is 10.2. The predicted octanol–water partition coefficient (Wildman–Crippen LogP) is 3.46. The Labute approximate surface area is 168 Å². The number of anilines is 1. The van der Waals surface area contributed by atoms with Gasteiger partial charge in [0, 0.05) is 31.9 Å². The molecule has 0 spiro atoms. The molecule has 0 aliphatic rings. The summed E-state index contributed by atoms with van der Waals surface area (Å²) in [7, 11) is 0. The Hall–Kier alpha value is -2.79. The van der Waals surface area contributed by atoms with Crippen LogP contribution in [-0.2, 0) is 11.4 Å². The van der Waals surface area contributed by atoms with Crippen molar-refractivity contribution in [1.29, 1.82) is 0 Å². The zero-order valence-electron chi connectivity index (χ0n) is 16.7. The fourth-order valence-corrected chi connectivity index (χ4v) is 3.02. The number of carbonyl (C=O) groups excluding carboxylic acids is 1. The number of likely N-dealkylation sites (N-methyl/N-ethyl adjacent to an activating group) is 1. The maximum Gasteiger partial charge on any atom is 0.236 e. The minimum atomic E-state index is -0.00214. The van der Waals surface area contributed by atoms with Gasteiger partial charge in [-0.25, -0.2) is 0 Å². The first-order valence-corrected chi connectivity index (χ1v) is 9.78. The van der Waals surface area contributed by atoms with E-state index >= 15 is 0 Å². The van der Waals surface area contributed by atoms with Crippen molar-refractivity contribution in [2.45, 2.75) is 20.0 Å². The van der Waals surface area contributed by atoms with E-state index < -0.39 is 0 Å². The van der Waals surface area contributed by atoms with E-state index in [9.17, 15) is 4.79 Å². The number of carbonyl (C=O) groups is 1. The van der Waals surface area contributed by atoms with Crippen LogP contribution in [0.4, 0.5) is 5.69 Å². The molecule has 2 rings (SSSR count). The first-order chi connectivity index (χ1) is 13.7. The zero-order chi connectivity index (χ0) is 20.2. The molecule has 2 N–H and O–H groups in total. The number of nitrogens with two attached hydrogens (primary N) is 1. The SMILES string of the molecule is C=CCN(CCCN(CC)C(=O)CN)c1ccc(OCc2ccccc2)cc1. The Morgan fingerprint density at radius 3 is 2.43 bits per heavy atom. The Morgan fingerprint density at radius 1 is 1.11 bits per heavy atom. The number of ether oxygens (including phenoxy) is 1. The third kappa shape index (κ3) is 6.74. The summed E-state index contributed by atoms with van der Waals surface area (Å²) < 4.78 is 5.86. The van der Waals surface area contributed by atoms with Crippen LogP contribution in [-0.4, -0.2) is 43.5 Å². The third-order valence-corrected chi connectivity index (χ3v) is 4.56. The van der Waals surface area contributed by atoms with Crippen LogP contribution in [0.5, 0.6) is 5.75 Å². The summed E-state index contributed by atoms with van der Waals surface area (Å²) in [4.78, 5) is 15.8. The molecule has 2 aromatic rings. The van der Waals surface area contributed by atoms with Crippen molar-refractivity contribution >= 4 is 11.6 Å². The van der Waals surface area contributed by atoms with Crippen LogP contribution in [0, 0.1) is 0 Å². The summed E-state index contributed by atoms with van der Waals surface area (Å²) in [6.45, 7) is 9.44. The van der Waals surface area contributed by atoms with Gasteiger partial charge in [-0.05, 0) is 43.2 Å². The lowest BCUT2D eigenvalue weighted by Crippen LogP contribution is -2.38. The summed E-state index contributed by atoms with van der Waals surface area (Å²) in [6.07, 6.45) is 2.77. The molecule has 150 valence electrons. The van der Waals surface area contributed by atoms with Crippen molar-refractivity contribution in [1.82, 2.24) is 4.90 Å². The Balaban J connectivity index is 1.90. The number of rotatable bonds is 12. The van der Waals surface area contributed by atoms with Crippen LogP contribution in [0.2, 0.25) is 0 Å². The highest BCUT2D eigenvalue weighted by Crippen LogP contribution is 2.20. The van der Waals surface area contributed by atoms with E-state index in [-0.39, 0.29) is 12.5 Å². The summed E-state index contributed by atoms with van der Waals surface area (Å²) >= 11 is 0. The molecule has 28 heavy (non-hydrogen) atoms. The van der Waals surface area contributed by atoms with Gasteiger partial charge in [0.15, 0.2) is 0 Å². The second kappa shape index (κ2) is 11.8. The highest BCUT2D eigenvalue weighted by Gasteiger charge is 2.11. The first kappa shape index (κ1) is 21.5. The van der Waals surface area contributed by atoms with Crippen molar-refractivity contribution in [3.8, 4) is 5.75 Å². The molecule has 0 heterocycles. The third-order valence-electron chi connectivity index (χ3n) is 4.56. The van der Waals surface area contributed by atoms with Crippen LogP contribution in [0.1, 0.15) is 18.9 Å². The minimum Gasteiger partial charge on any atom is -0.489 e. The molecule has 0 aromatic heterocycles. The molecular weight excluding hydrogens is 350 g/mol. The van der Waals surface area contributed by atoms with Crippen molar-refractivity contribution in [2.24, 2.45) is 5.73 Å². The summed E-state index contributed by atoms with van der Waals surface area (Å²) in [5.41, 5.74) is 7.72.